The van der Waals surface area contributed by atoms with Crippen LogP contribution in [0.4, 0.5) is 0 Å². The van der Waals surface area contributed by atoms with Crippen LogP contribution in [-0.4, -0.2) is 12.1 Å². The standard InChI is InChI=1S/C24H25O3P/c1-18-16-19(2)23(20(3)17-18)24(25)28(26,22-12-8-5-9-13-22)27-15-14-21-10-6-4-7-11-21/h4-13,16-17H,14-15H2,1-3H3. The Morgan fingerprint density at radius 1 is 0.857 bits per heavy atom. The maximum atomic E-state index is 13.9. The van der Waals surface area contributed by atoms with Crippen molar-refractivity contribution in [1.82, 2.24) is 0 Å². The van der Waals surface area contributed by atoms with E-state index >= 15 is 0 Å². The molecule has 3 nitrogen and oxygen atoms in total. The van der Waals surface area contributed by atoms with Gasteiger partial charge in [0.2, 0.25) is 0 Å². The number of hydrogen-bond acceptors (Lipinski definition) is 3. The zero-order valence-electron chi connectivity index (χ0n) is 16.5. The van der Waals surface area contributed by atoms with Gasteiger partial charge in [-0.3, -0.25) is 9.36 Å². The van der Waals surface area contributed by atoms with Gasteiger partial charge >= 0.3 is 7.37 Å². The van der Waals surface area contributed by atoms with Crippen molar-refractivity contribution in [3.63, 3.8) is 0 Å². The number of carbonyl (C=O) groups is 1. The highest BCUT2D eigenvalue weighted by Crippen LogP contribution is 2.50. The molecule has 4 heteroatoms. The number of carbonyl (C=O) groups excluding carboxylic acids is 1. The zero-order chi connectivity index (χ0) is 20.1. The molecule has 0 aliphatic rings. The summed E-state index contributed by atoms with van der Waals surface area (Å²) in [5.41, 5.74) is 3.87. The summed E-state index contributed by atoms with van der Waals surface area (Å²) in [4.78, 5) is 13.5. The molecule has 3 aromatic carbocycles. The summed E-state index contributed by atoms with van der Waals surface area (Å²) >= 11 is 0. The monoisotopic (exact) mass is 392 g/mol. The van der Waals surface area contributed by atoms with Crippen LogP contribution in [0.25, 0.3) is 0 Å². The van der Waals surface area contributed by atoms with Crippen LogP contribution in [0, 0.1) is 20.8 Å². The van der Waals surface area contributed by atoms with Gasteiger partial charge in [0.15, 0.2) is 0 Å². The molecule has 0 saturated carbocycles. The second-order valence-electron chi connectivity index (χ2n) is 7.03. The topological polar surface area (TPSA) is 43.4 Å². The molecule has 28 heavy (non-hydrogen) atoms. The highest BCUT2D eigenvalue weighted by molar-refractivity contribution is 7.83. The summed E-state index contributed by atoms with van der Waals surface area (Å²) in [6.07, 6.45) is 0.594. The Hall–Kier alpha value is -2.48. The van der Waals surface area contributed by atoms with Crippen molar-refractivity contribution in [3.05, 3.63) is 101 Å². The largest absolute Gasteiger partial charge is 0.320 e. The molecular formula is C24H25O3P. The number of hydrogen-bond donors (Lipinski definition) is 0. The Labute approximate surface area is 166 Å². The molecule has 0 amide bonds. The van der Waals surface area contributed by atoms with E-state index in [4.69, 9.17) is 4.52 Å². The summed E-state index contributed by atoms with van der Waals surface area (Å²) in [6.45, 7) is 5.96. The zero-order valence-corrected chi connectivity index (χ0v) is 17.4. The van der Waals surface area contributed by atoms with E-state index in [1.807, 2.05) is 69.3 Å². The van der Waals surface area contributed by atoms with Crippen LogP contribution in [-0.2, 0) is 15.5 Å². The molecule has 1 atom stereocenters. The lowest BCUT2D eigenvalue weighted by Crippen LogP contribution is -2.18. The summed E-state index contributed by atoms with van der Waals surface area (Å²) in [7, 11) is -3.73. The van der Waals surface area contributed by atoms with Gasteiger partial charge in [-0.05, 0) is 56.0 Å². The molecule has 0 bridgehead atoms. The quantitative estimate of drug-likeness (QED) is 0.491. The molecule has 3 aromatic rings. The van der Waals surface area contributed by atoms with Crippen molar-refractivity contribution in [3.8, 4) is 0 Å². The molecular weight excluding hydrogens is 367 g/mol. The lowest BCUT2D eigenvalue weighted by Gasteiger charge is -2.20. The molecule has 0 aliphatic heterocycles. The molecule has 0 aliphatic carbocycles. The summed E-state index contributed by atoms with van der Waals surface area (Å²) in [5, 5.41) is 0.437. The molecule has 0 spiro atoms. The molecule has 0 saturated heterocycles. The number of aryl methyl sites for hydroxylation is 3. The fourth-order valence-corrected chi connectivity index (χ4v) is 5.54. The van der Waals surface area contributed by atoms with Crippen LogP contribution in [0.2, 0.25) is 0 Å². The van der Waals surface area contributed by atoms with Gasteiger partial charge in [-0.25, -0.2) is 0 Å². The van der Waals surface area contributed by atoms with Crippen molar-refractivity contribution in [1.29, 1.82) is 0 Å². The Morgan fingerprint density at radius 2 is 1.39 bits per heavy atom. The minimum Gasteiger partial charge on any atom is -0.320 e. The van der Waals surface area contributed by atoms with Crippen LogP contribution < -0.4 is 5.30 Å². The van der Waals surface area contributed by atoms with E-state index in [1.54, 1.807) is 24.3 Å². The van der Waals surface area contributed by atoms with E-state index < -0.39 is 12.9 Å². The van der Waals surface area contributed by atoms with Gasteiger partial charge in [-0.1, -0.05) is 66.2 Å². The van der Waals surface area contributed by atoms with Gasteiger partial charge in [0, 0.05) is 10.9 Å². The average molecular weight is 392 g/mol. The first-order chi connectivity index (χ1) is 13.4. The smallest absolute Gasteiger partial charge is 0.300 e. The number of benzene rings is 3. The van der Waals surface area contributed by atoms with Crippen molar-refractivity contribution in [2.24, 2.45) is 0 Å². The summed E-state index contributed by atoms with van der Waals surface area (Å²) in [5.74, 6) is 0. The third-order valence-electron chi connectivity index (χ3n) is 4.76. The molecule has 0 radical (unpaired) electrons. The second kappa shape index (κ2) is 8.68. The Morgan fingerprint density at radius 3 is 1.96 bits per heavy atom. The highest BCUT2D eigenvalue weighted by Gasteiger charge is 2.37. The van der Waals surface area contributed by atoms with Gasteiger partial charge in [-0.2, -0.15) is 0 Å². The van der Waals surface area contributed by atoms with E-state index in [0.29, 0.717) is 17.3 Å². The lowest BCUT2D eigenvalue weighted by atomic mass is 10.0. The van der Waals surface area contributed by atoms with Crippen molar-refractivity contribution >= 4 is 18.2 Å². The van der Waals surface area contributed by atoms with Crippen LogP contribution >= 0.6 is 7.37 Å². The molecule has 0 aromatic heterocycles. The van der Waals surface area contributed by atoms with Crippen LogP contribution in [0.15, 0.2) is 72.8 Å². The van der Waals surface area contributed by atoms with E-state index in [9.17, 15) is 9.36 Å². The van der Waals surface area contributed by atoms with E-state index in [2.05, 4.69) is 0 Å². The summed E-state index contributed by atoms with van der Waals surface area (Å²) in [6, 6.07) is 22.6. The van der Waals surface area contributed by atoms with Crippen molar-refractivity contribution < 1.29 is 13.9 Å². The number of rotatable bonds is 7. The Balaban J connectivity index is 1.95. The van der Waals surface area contributed by atoms with E-state index in [-0.39, 0.29) is 6.61 Å². The Bertz CT molecular complexity index is 988. The van der Waals surface area contributed by atoms with Crippen LogP contribution in [0.3, 0.4) is 0 Å². The molecule has 0 heterocycles. The van der Waals surface area contributed by atoms with Crippen LogP contribution in [0.5, 0.6) is 0 Å². The van der Waals surface area contributed by atoms with Gasteiger partial charge < -0.3 is 4.52 Å². The second-order valence-corrected chi connectivity index (χ2v) is 9.32. The highest BCUT2D eigenvalue weighted by atomic mass is 31.2. The maximum absolute atomic E-state index is 13.9. The van der Waals surface area contributed by atoms with Crippen molar-refractivity contribution in [2.45, 2.75) is 27.2 Å². The van der Waals surface area contributed by atoms with E-state index in [0.717, 1.165) is 22.3 Å². The van der Waals surface area contributed by atoms with Gasteiger partial charge in [0.25, 0.3) is 5.52 Å². The first-order valence-corrected chi connectivity index (χ1v) is 11.0. The van der Waals surface area contributed by atoms with Gasteiger partial charge in [0.1, 0.15) is 0 Å². The SMILES string of the molecule is Cc1cc(C)c(C(=O)P(=O)(OCCc2ccccc2)c2ccccc2)c(C)c1. The lowest BCUT2D eigenvalue weighted by molar-refractivity contribution is 0.105. The normalized spacial score (nSPS) is 13.1. The minimum absolute atomic E-state index is 0.214. The predicted molar refractivity (Wildman–Crippen MR) is 115 cm³/mol. The Kier molecular flexibility index (Phi) is 6.28. The molecule has 144 valence electrons. The predicted octanol–water partition coefficient (Wildman–Crippen LogP) is 5.61. The molecule has 1 unspecified atom stereocenters. The van der Waals surface area contributed by atoms with Gasteiger partial charge in [-0.15, -0.1) is 0 Å². The minimum atomic E-state index is -3.73. The first kappa shape index (κ1) is 20.3. The van der Waals surface area contributed by atoms with Crippen molar-refractivity contribution in [2.75, 3.05) is 6.61 Å². The first-order valence-electron chi connectivity index (χ1n) is 9.38. The molecule has 3 rings (SSSR count). The van der Waals surface area contributed by atoms with Gasteiger partial charge in [0.05, 0.1) is 6.61 Å². The average Bonchev–Trinajstić information content (AvgIpc) is 2.68. The fourth-order valence-electron chi connectivity index (χ4n) is 3.48. The third-order valence-corrected chi connectivity index (χ3v) is 7.04. The van der Waals surface area contributed by atoms with Crippen LogP contribution in [0.1, 0.15) is 32.6 Å². The third kappa shape index (κ3) is 4.32. The maximum Gasteiger partial charge on any atom is 0.300 e. The molecule has 0 N–H and O–H groups in total. The fraction of sp³-hybridized carbons (Fsp3) is 0.208. The van der Waals surface area contributed by atoms with E-state index in [1.165, 1.54) is 0 Å². The molecule has 0 fully saturated rings. The summed E-state index contributed by atoms with van der Waals surface area (Å²) < 4.78 is 19.8.